The van der Waals surface area contributed by atoms with Crippen LogP contribution < -0.4 is 0 Å². The van der Waals surface area contributed by atoms with Crippen LogP contribution in [0.3, 0.4) is 0 Å². The summed E-state index contributed by atoms with van der Waals surface area (Å²) in [5, 5.41) is 19.6. The largest absolute Gasteiger partial charge is 0.479 e. The minimum Gasteiger partial charge on any atom is -0.479 e. The maximum absolute atomic E-state index is 11.3. The third kappa shape index (κ3) is 2.72. The van der Waals surface area contributed by atoms with Gasteiger partial charge in [-0.1, -0.05) is 38.5 Å². The minimum absolute atomic E-state index is 0.260. The van der Waals surface area contributed by atoms with Gasteiger partial charge in [-0.25, -0.2) is 4.79 Å². The molecule has 3 heteroatoms. The molecule has 18 heavy (non-hydrogen) atoms. The van der Waals surface area contributed by atoms with Crippen LogP contribution in [0.25, 0.3) is 0 Å². The van der Waals surface area contributed by atoms with E-state index < -0.39 is 17.5 Å². The molecule has 0 aliphatic rings. The Bertz CT molecular complexity index is 439. The van der Waals surface area contributed by atoms with Gasteiger partial charge in [0.1, 0.15) is 0 Å². The van der Waals surface area contributed by atoms with Gasteiger partial charge in [0.15, 0.2) is 5.60 Å². The first-order valence-corrected chi connectivity index (χ1v) is 6.35. The van der Waals surface area contributed by atoms with Crippen LogP contribution in [0.1, 0.15) is 49.3 Å². The lowest BCUT2D eigenvalue weighted by Crippen LogP contribution is -2.43. The van der Waals surface area contributed by atoms with Crippen molar-refractivity contribution in [3.05, 3.63) is 34.9 Å². The second-order valence-corrected chi connectivity index (χ2v) is 5.04. The van der Waals surface area contributed by atoms with Crippen molar-refractivity contribution in [3.8, 4) is 0 Å². The van der Waals surface area contributed by atoms with Crippen LogP contribution in [0.2, 0.25) is 0 Å². The molecule has 0 fully saturated rings. The van der Waals surface area contributed by atoms with Crippen LogP contribution in [0.5, 0.6) is 0 Å². The highest BCUT2D eigenvalue weighted by Gasteiger charge is 2.41. The predicted molar refractivity (Wildman–Crippen MR) is 71.8 cm³/mol. The first-order chi connectivity index (χ1) is 8.32. The minimum atomic E-state index is -1.68. The summed E-state index contributed by atoms with van der Waals surface area (Å²) < 4.78 is 0. The van der Waals surface area contributed by atoms with E-state index in [1.165, 1.54) is 5.56 Å². The molecule has 0 aliphatic heterocycles. The lowest BCUT2D eigenvalue weighted by Gasteiger charge is -2.30. The Morgan fingerprint density at radius 3 is 2.39 bits per heavy atom. The van der Waals surface area contributed by atoms with Crippen LogP contribution in [0.15, 0.2) is 18.2 Å². The third-order valence-corrected chi connectivity index (χ3v) is 3.75. The first kappa shape index (κ1) is 14.7. The molecule has 0 amide bonds. The number of rotatable bonds is 5. The molecule has 0 saturated heterocycles. The Labute approximate surface area is 108 Å². The molecular formula is C15H22O3. The van der Waals surface area contributed by atoms with E-state index in [9.17, 15) is 15.0 Å². The normalized spacial score (nSPS) is 16.1. The van der Waals surface area contributed by atoms with Crippen molar-refractivity contribution in [2.45, 2.75) is 52.1 Å². The summed E-state index contributed by atoms with van der Waals surface area (Å²) in [5.74, 6) is -1.57. The van der Waals surface area contributed by atoms with Crippen molar-refractivity contribution in [1.82, 2.24) is 0 Å². The second kappa shape index (κ2) is 5.53. The highest BCUT2D eigenvalue weighted by atomic mass is 16.4. The van der Waals surface area contributed by atoms with Gasteiger partial charge in [-0.05, 0) is 37.0 Å². The first-order valence-electron chi connectivity index (χ1n) is 6.35. The molecule has 0 aromatic heterocycles. The molecule has 0 saturated carbocycles. The van der Waals surface area contributed by atoms with Crippen molar-refractivity contribution < 1.29 is 15.0 Å². The molecule has 1 aromatic rings. The van der Waals surface area contributed by atoms with E-state index in [1.807, 2.05) is 39.0 Å². The fourth-order valence-corrected chi connectivity index (χ4v) is 2.20. The lowest BCUT2D eigenvalue weighted by atomic mass is 9.80. The summed E-state index contributed by atoms with van der Waals surface area (Å²) >= 11 is 0. The van der Waals surface area contributed by atoms with Gasteiger partial charge in [0.05, 0.1) is 0 Å². The molecule has 100 valence electrons. The van der Waals surface area contributed by atoms with Gasteiger partial charge in [-0.2, -0.15) is 0 Å². The highest BCUT2D eigenvalue weighted by molar-refractivity contribution is 5.78. The molecule has 3 nitrogen and oxygen atoms in total. The number of carboxylic acid groups (broad SMARTS) is 1. The summed E-state index contributed by atoms with van der Waals surface area (Å²) in [6, 6.07) is 5.83. The number of benzene rings is 1. The topological polar surface area (TPSA) is 57.5 Å². The average Bonchev–Trinajstić information content (AvgIpc) is 2.31. The summed E-state index contributed by atoms with van der Waals surface area (Å²) in [5.41, 5.74) is 1.47. The number of carbonyl (C=O) groups is 1. The summed E-state index contributed by atoms with van der Waals surface area (Å²) in [7, 11) is 0. The van der Waals surface area contributed by atoms with E-state index >= 15 is 0 Å². The van der Waals surface area contributed by atoms with Crippen molar-refractivity contribution >= 4 is 5.97 Å². The zero-order valence-corrected chi connectivity index (χ0v) is 11.5. The van der Waals surface area contributed by atoms with Gasteiger partial charge >= 0.3 is 5.97 Å². The summed E-state index contributed by atoms with van der Waals surface area (Å²) in [4.78, 5) is 11.3. The molecule has 0 spiro atoms. The summed E-state index contributed by atoms with van der Waals surface area (Å²) in [6.07, 6.45) is 0.897. The number of hydrogen-bond acceptors (Lipinski definition) is 2. The number of aliphatic carboxylic acids is 1. The number of aliphatic hydroxyl groups is 1. The van der Waals surface area contributed by atoms with Crippen molar-refractivity contribution in [2.75, 3.05) is 0 Å². The molecule has 1 aromatic carbocycles. The van der Waals surface area contributed by atoms with Gasteiger partial charge in [-0.3, -0.25) is 0 Å². The lowest BCUT2D eigenvalue weighted by molar-refractivity contribution is -0.161. The van der Waals surface area contributed by atoms with Crippen molar-refractivity contribution in [1.29, 1.82) is 0 Å². The van der Waals surface area contributed by atoms with E-state index in [1.54, 1.807) is 6.92 Å². The van der Waals surface area contributed by atoms with Crippen LogP contribution in [-0.4, -0.2) is 21.8 Å². The van der Waals surface area contributed by atoms with Crippen LogP contribution >= 0.6 is 0 Å². The molecule has 0 radical (unpaired) electrons. The SMILES string of the molecule is CCCC(O)(C(=O)O)C(C)c1ccc(C)c(C)c1. The molecule has 0 heterocycles. The van der Waals surface area contributed by atoms with Crippen LogP contribution in [0.4, 0.5) is 0 Å². The Kier molecular flexibility index (Phi) is 4.52. The van der Waals surface area contributed by atoms with Gasteiger partial charge in [0.2, 0.25) is 0 Å². The van der Waals surface area contributed by atoms with Crippen LogP contribution in [-0.2, 0) is 4.79 Å². The third-order valence-electron chi connectivity index (χ3n) is 3.75. The van der Waals surface area contributed by atoms with Crippen molar-refractivity contribution in [2.24, 2.45) is 0 Å². The van der Waals surface area contributed by atoms with Crippen molar-refractivity contribution in [3.63, 3.8) is 0 Å². The Hall–Kier alpha value is -1.35. The summed E-state index contributed by atoms with van der Waals surface area (Å²) in [6.45, 7) is 7.65. The molecular weight excluding hydrogens is 228 g/mol. The van der Waals surface area contributed by atoms with Gasteiger partial charge in [0.25, 0.3) is 0 Å². The Morgan fingerprint density at radius 2 is 1.94 bits per heavy atom. The van der Waals surface area contributed by atoms with E-state index in [0.717, 1.165) is 11.1 Å². The average molecular weight is 250 g/mol. The van der Waals surface area contributed by atoms with Gasteiger partial charge in [0, 0.05) is 5.92 Å². The quantitative estimate of drug-likeness (QED) is 0.844. The molecule has 2 unspecified atom stereocenters. The number of carboxylic acids is 1. The van der Waals surface area contributed by atoms with E-state index in [0.29, 0.717) is 6.42 Å². The Morgan fingerprint density at radius 1 is 1.33 bits per heavy atom. The molecule has 2 N–H and O–H groups in total. The number of hydrogen-bond donors (Lipinski definition) is 2. The number of aryl methyl sites for hydroxylation is 2. The van der Waals surface area contributed by atoms with E-state index in [-0.39, 0.29) is 6.42 Å². The molecule has 0 bridgehead atoms. The molecule has 1 rings (SSSR count). The smallest absolute Gasteiger partial charge is 0.336 e. The maximum atomic E-state index is 11.3. The maximum Gasteiger partial charge on any atom is 0.336 e. The van der Waals surface area contributed by atoms with E-state index in [2.05, 4.69) is 0 Å². The second-order valence-electron chi connectivity index (χ2n) is 5.04. The van der Waals surface area contributed by atoms with Gasteiger partial charge in [-0.15, -0.1) is 0 Å². The van der Waals surface area contributed by atoms with Gasteiger partial charge < -0.3 is 10.2 Å². The molecule has 2 atom stereocenters. The standard InChI is InChI=1S/C15H22O3/c1-5-8-15(18,14(16)17)12(4)13-7-6-10(2)11(3)9-13/h6-7,9,12,18H,5,8H2,1-4H3,(H,16,17). The fourth-order valence-electron chi connectivity index (χ4n) is 2.20. The predicted octanol–water partition coefficient (Wildman–Crippen LogP) is 3.02. The zero-order chi connectivity index (χ0) is 13.9. The zero-order valence-electron chi connectivity index (χ0n) is 11.5. The monoisotopic (exact) mass is 250 g/mol. The molecule has 0 aliphatic carbocycles. The van der Waals surface area contributed by atoms with E-state index in [4.69, 9.17) is 0 Å². The fraction of sp³-hybridized carbons (Fsp3) is 0.533. The Balaban J connectivity index is 3.13. The van der Waals surface area contributed by atoms with Crippen LogP contribution in [0, 0.1) is 13.8 Å². The highest BCUT2D eigenvalue weighted by Crippen LogP contribution is 2.33.